The van der Waals surface area contributed by atoms with Gasteiger partial charge in [0.2, 0.25) is 11.8 Å². The number of methoxy groups -OCH3 is 1. The van der Waals surface area contributed by atoms with Crippen LogP contribution in [0.2, 0.25) is 0 Å². The fourth-order valence-corrected chi connectivity index (χ4v) is 4.17. The fourth-order valence-electron chi connectivity index (χ4n) is 4.17. The smallest absolute Gasteiger partial charge is 0.242 e. The van der Waals surface area contributed by atoms with Crippen molar-refractivity contribution in [1.29, 1.82) is 0 Å². The van der Waals surface area contributed by atoms with Crippen LogP contribution in [0.1, 0.15) is 49.8 Å². The number of furan rings is 1. The third kappa shape index (κ3) is 7.55. The van der Waals surface area contributed by atoms with Crippen molar-refractivity contribution >= 4 is 11.8 Å². The molecule has 1 saturated carbocycles. The van der Waals surface area contributed by atoms with E-state index >= 15 is 0 Å². The molecule has 0 N–H and O–H groups in total. The maximum absolute atomic E-state index is 13.3. The second kappa shape index (κ2) is 12.3. The van der Waals surface area contributed by atoms with Gasteiger partial charge in [-0.05, 0) is 30.0 Å². The van der Waals surface area contributed by atoms with E-state index in [1.807, 2.05) is 42.5 Å². The number of rotatable bonds is 12. The number of nitrogens with zero attached hydrogens (tertiary/aromatic N) is 2. The lowest BCUT2D eigenvalue weighted by molar-refractivity contribution is -0.142. The third-order valence-electron chi connectivity index (χ3n) is 5.98. The monoisotopic (exact) mass is 426 g/mol. The Bertz CT molecular complexity index is 785. The molecule has 3 rings (SSSR count). The zero-order valence-electron chi connectivity index (χ0n) is 18.5. The van der Waals surface area contributed by atoms with Crippen LogP contribution in [0.15, 0.2) is 53.1 Å². The minimum atomic E-state index is -0.0921. The lowest BCUT2D eigenvalue weighted by atomic mass is 10.0. The average Bonchev–Trinajstić information content (AvgIpc) is 3.49. The highest BCUT2D eigenvalue weighted by atomic mass is 16.5. The normalized spacial score (nSPS) is 14.0. The molecule has 0 unspecified atom stereocenters. The first-order chi connectivity index (χ1) is 15.2. The first kappa shape index (κ1) is 23.1. The molecule has 1 aromatic carbocycles. The Morgan fingerprint density at radius 2 is 1.77 bits per heavy atom. The highest BCUT2D eigenvalue weighted by Crippen LogP contribution is 2.28. The summed E-state index contributed by atoms with van der Waals surface area (Å²) in [5, 5.41) is 0. The number of ether oxygens (including phenoxy) is 1. The summed E-state index contributed by atoms with van der Waals surface area (Å²) in [7, 11) is 1.61. The molecular weight excluding hydrogens is 392 g/mol. The molecule has 1 fully saturated rings. The molecule has 0 spiro atoms. The predicted octanol–water partition coefficient (Wildman–Crippen LogP) is 4.25. The topological polar surface area (TPSA) is 63.0 Å². The molecule has 6 nitrogen and oxygen atoms in total. The van der Waals surface area contributed by atoms with Gasteiger partial charge in [0.1, 0.15) is 5.76 Å². The van der Waals surface area contributed by atoms with Crippen molar-refractivity contribution < 1.29 is 18.7 Å². The molecule has 2 amide bonds. The van der Waals surface area contributed by atoms with Crippen molar-refractivity contribution in [3.8, 4) is 0 Å². The van der Waals surface area contributed by atoms with Crippen molar-refractivity contribution in [2.45, 2.75) is 51.6 Å². The van der Waals surface area contributed by atoms with Gasteiger partial charge in [-0.3, -0.25) is 9.59 Å². The Labute approximate surface area is 185 Å². The van der Waals surface area contributed by atoms with Gasteiger partial charge in [-0.15, -0.1) is 0 Å². The van der Waals surface area contributed by atoms with E-state index in [-0.39, 0.29) is 18.4 Å². The minimum absolute atomic E-state index is 0.0370. The summed E-state index contributed by atoms with van der Waals surface area (Å²) in [4.78, 5) is 29.6. The van der Waals surface area contributed by atoms with Crippen LogP contribution in [0.5, 0.6) is 0 Å². The van der Waals surface area contributed by atoms with Crippen LogP contribution in [0.4, 0.5) is 0 Å². The highest BCUT2D eigenvalue weighted by Gasteiger charge is 2.24. The zero-order valence-corrected chi connectivity index (χ0v) is 18.5. The van der Waals surface area contributed by atoms with Crippen LogP contribution < -0.4 is 0 Å². The molecule has 0 radical (unpaired) electrons. The molecule has 2 aromatic rings. The quantitative estimate of drug-likeness (QED) is 0.509. The molecule has 0 bridgehead atoms. The Balaban J connectivity index is 1.64. The van der Waals surface area contributed by atoms with Gasteiger partial charge in [0.15, 0.2) is 0 Å². The number of amides is 2. The maximum atomic E-state index is 13.3. The van der Waals surface area contributed by atoms with Gasteiger partial charge >= 0.3 is 0 Å². The second-order valence-corrected chi connectivity index (χ2v) is 8.31. The van der Waals surface area contributed by atoms with Crippen LogP contribution >= 0.6 is 0 Å². The molecule has 1 aromatic heterocycles. The highest BCUT2D eigenvalue weighted by molar-refractivity contribution is 5.84. The van der Waals surface area contributed by atoms with Gasteiger partial charge in [-0.1, -0.05) is 56.0 Å². The Kier molecular flexibility index (Phi) is 9.16. The molecule has 1 heterocycles. The Morgan fingerprint density at radius 1 is 1.00 bits per heavy atom. The van der Waals surface area contributed by atoms with E-state index in [9.17, 15) is 9.59 Å². The van der Waals surface area contributed by atoms with Gasteiger partial charge in [-0.25, -0.2) is 0 Å². The van der Waals surface area contributed by atoms with Crippen LogP contribution in [-0.2, 0) is 27.4 Å². The molecule has 31 heavy (non-hydrogen) atoms. The fraction of sp³-hybridized carbons (Fsp3) is 0.520. The van der Waals surface area contributed by atoms with Gasteiger partial charge < -0.3 is 19.0 Å². The van der Waals surface area contributed by atoms with Crippen molar-refractivity contribution in [3.05, 3.63) is 60.1 Å². The van der Waals surface area contributed by atoms with Gasteiger partial charge in [0, 0.05) is 26.6 Å². The van der Waals surface area contributed by atoms with Crippen LogP contribution in [0, 0.1) is 5.92 Å². The second-order valence-electron chi connectivity index (χ2n) is 8.31. The van der Waals surface area contributed by atoms with Crippen LogP contribution in [0.25, 0.3) is 0 Å². The average molecular weight is 427 g/mol. The Hall–Kier alpha value is -2.60. The van der Waals surface area contributed by atoms with E-state index in [0.717, 1.165) is 17.7 Å². The summed E-state index contributed by atoms with van der Waals surface area (Å²) in [5.41, 5.74) is 1.04. The number of carbonyl (C=O) groups excluding carboxylic acids is 2. The van der Waals surface area contributed by atoms with E-state index in [1.165, 1.54) is 25.7 Å². The lowest BCUT2D eigenvalue weighted by Gasteiger charge is -2.27. The first-order valence-corrected chi connectivity index (χ1v) is 11.3. The molecular formula is C25H34N2O4. The first-order valence-electron chi connectivity index (χ1n) is 11.3. The summed E-state index contributed by atoms with van der Waals surface area (Å²) in [6, 6.07) is 13.6. The number of hydrogen-bond acceptors (Lipinski definition) is 4. The third-order valence-corrected chi connectivity index (χ3v) is 5.98. The Morgan fingerprint density at radius 3 is 2.45 bits per heavy atom. The molecule has 168 valence electrons. The van der Waals surface area contributed by atoms with Crippen LogP contribution in [0.3, 0.4) is 0 Å². The van der Waals surface area contributed by atoms with E-state index in [1.54, 1.807) is 23.2 Å². The summed E-state index contributed by atoms with van der Waals surface area (Å²) in [6.07, 6.45) is 8.00. The van der Waals surface area contributed by atoms with Crippen molar-refractivity contribution in [2.24, 2.45) is 5.92 Å². The predicted molar refractivity (Wildman–Crippen MR) is 119 cm³/mol. The molecule has 6 heteroatoms. The summed E-state index contributed by atoms with van der Waals surface area (Å²) in [5.74, 6) is 1.32. The van der Waals surface area contributed by atoms with E-state index in [2.05, 4.69) is 0 Å². The molecule has 0 saturated heterocycles. The SMILES string of the molecule is COCCN(CC(=O)N(Cc1ccccc1)Cc1ccco1)C(=O)CCC1CCCC1. The summed E-state index contributed by atoms with van der Waals surface area (Å²) in [6.45, 7) is 1.73. The summed E-state index contributed by atoms with van der Waals surface area (Å²) < 4.78 is 10.7. The van der Waals surface area contributed by atoms with E-state index in [4.69, 9.17) is 9.15 Å². The van der Waals surface area contributed by atoms with Crippen LogP contribution in [-0.4, -0.2) is 48.4 Å². The van der Waals surface area contributed by atoms with E-state index in [0.29, 0.717) is 38.6 Å². The molecule has 0 atom stereocenters. The number of benzene rings is 1. The largest absolute Gasteiger partial charge is 0.467 e. The minimum Gasteiger partial charge on any atom is -0.467 e. The van der Waals surface area contributed by atoms with Crippen molar-refractivity contribution in [2.75, 3.05) is 26.8 Å². The molecule has 1 aliphatic carbocycles. The maximum Gasteiger partial charge on any atom is 0.242 e. The number of hydrogen-bond donors (Lipinski definition) is 0. The standard InChI is InChI=1S/C25H34N2O4/c1-30-17-15-26(24(28)14-13-21-8-5-6-9-21)20-25(29)27(19-23-12-7-16-31-23)18-22-10-3-2-4-11-22/h2-4,7,10-12,16,21H,5-6,8-9,13-15,17-20H2,1H3. The van der Waals surface area contributed by atoms with Gasteiger partial charge in [0.05, 0.1) is 26.0 Å². The van der Waals surface area contributed by atoms with E-state index < -0.39 is 0 Å². The molecule has 0 aliphatic heterocycles. The van der Waals surface area contributed by atoms with Gasteiger partial charge in [-0.2, -0.15) is 0 Å². The number of carbonyl (C=O) groups is 2. The van der Waals surface area contributed by atoms with Crippen molar-refractivity contribution in [1.82, 2.24) is 9.80 Å². The van der Waals surface area contributed by atoms with Crippen molar-refractivity contribution in [3.63, 3.8) is 0 Å². The molecule has 1 aliphatic rings. The van der Waals surface area contributed by atoms with Gasteiger partial charge in [0.25, 0.3) is 0 Å². The zero-order chi connectivity index (χ0) is 21.9. The summed E-state index contributed by atoms with van der Waals surface area (Å²) >= 11 is 0. The lowest BCUT2D eigenvalue weighted by Crippen LogP contribution is -2.43.